The molecule has 2 nitrogen and oxygen atoms in total. The summed E-state index contributed by atoms with van der Waals surface area (Å²) in [4.78, 5) is 11.5. The minimum Gasteiger partial charge on any atom is -0.252 e. The van der Waals surface area contributed by atoms with Crippen molar-refractivity contribution in [2.24, 2.45) is 0 Å². The van der Waals surface area contributed by atoms with E-state index in [1.807, 2.05) is 24.3 Å². The molecule has 1 amide bonds. The number of rotatable bonds is 0. The van der Waals surface area contributed by atoms with Gasteiger partial charge >= 0.3 is 5.91 Å². The number of amides is 1. The Kier molecular flexibility index (Phi) is 2.18. The van der Waals surface area contributed by atoms with E-state index in [-0.39, 0.29) is 5.91 Å². The number of fused-ring (bicyclic) bond motifs is 1. The van der Waals surface area contributed by atoms with Gasteiger partial charge in [-0.3, -0.25) is 5.32 Å². The Bertz CT molecular complexity index is 475. The van der Waals surface area contributed by atoms with Gasteiger partial charge in [0.15, 0.2) is 0 Å². The first kappa shape index (κ1) is 8.74. The summed E-state index contributed by atoms with van der Waals surface area (Å²) in [6, 6.07) is 7.55. The number of carbonyl (C=O) groups excluding carboxylic acids is 1. The van der Waals surface area contributed by atoms with Crippen LogP contribution in [0.2, 0.25) is 0 Å². The van der Waals surface area contributed by atoms with E-state index in [4.69, 9.17) is 0 Å². The Labute approximate surface area is 82.6 Å². The highest BCUT2D eigenvalue weighted by molar-refractivity contribution is 5.98. The maximum Gasteiger partial charge on any atom is 0.347 e. The molecule has 1 aromatic carbocycles. The zero-order valence-electron chi connectivity index (χ0n) is 7.87. The van der Waals surface area contributed by atoms with E-state index in [1.54, 1.807) is 18.4 Å². The average molecular weight is 184 g/mol. The van der Waals surface area contributed by atoms with Crippen molar-refractivity contribution < 1.29 is 10.1 Å². The van der Waals surface area contributed by atoms with Crippen LogP contribution >= 0.6 is 0 Å². The van der Waals surface area contributed by atoms with Crippen LogP contribution in [0.4, 0.5) is 0 Å². The Morgan fingerprint density at radius 3 is 2.64 bits per heavy atom. The number of benzene rings is 1. The van der Waals surface area contributed by atoms with Gasteiger partial charge < -0.3 is 0 Å². The van der Waals surface area contributed by atoms with E-state index in [9.17, 15) is 4.79 Å². The Balaban J connectivity index is 2.60. The molecule has 0 spiro atoms. The number of hydrogen-bond donors (Lipinski definition) is 1. The van der Waals surface area contributed by atoms with Gasteiger partial charge in [-0.2, -0.15) is 0 Å². The van der Waals surface area contributed by atoms with Gasteiger partial charge in [-0.25, -0.2) is 4.79 Å². The van der Waals surface area contributed by atoms with E-state index in [2.05, 4.69) is 11.8 Å². The van der Waals surface area contributed by atoms with Crippen molar-refractivity contribution in [3.8, 4) is 11.8 Å². The van der Waals surface area contributed by atoms with Crippen molar-refractivity contribution in [2.45, 2.75) is 6.92 Å². The summed E-state index contributed by atoms with van der Waals surface area (Å²) in [6.07, 6.45) is 1.78. The Morgan fingerprint density at radius 2 is 1.93 bits per heavy atom. The summed E-state index contributed by atoms with van der Waals surface area (Å²) in [6.45, 7) is 1.79. The molecule has 0 radical (unpaired) electrons. The molecule has 0 unspecified atom stereocenters. The molecule has 0 atom stereocenters. The zero-order valence-corrected chi connectivity index (χ0v) is 7.87. The van der Waals surface area contributed by atoms with Crippen LogP contribution in [-0.2, 0) is 0 Å². The molecule has 1 heterocycles. The predicted octanol–water partition coefficient (Wildman–Crippen LogP) is 0.768. The maximum atomic E-state index is 11.5. The smallest absolute Gasteiger partial charge is 0.252 e. The Hall–Kier alpha value is -1.85. The summed E-state index contributed by atoms with van der Waals surface area (Å²) in [7, 11) is 0. The molecule has 0 saturated heterocycles. The number of primary amides is 1. The molecule has 0 bridgehead atoms. The molecule has 1 aliphatic heterocycles. The molecule has 1 aromatic rings. The predicted molar refractivity (Wildman–Crippen MR) is 54.1 cm³/mol. The molecule has 1 aliphatic rings. The number of allylic oxidation sites excluding steroid dienone is 1. The summed E-state index contributed by atoms with van der Waals surface area (Å²) >= 11 is 0. The van der Waals surface area contributed by atoms with E-state index < -0.39 is 0 Å². The van der Waals surface area contributed by atoms with Crippen molar-refractivity contribution in [1.29, 1.82) is 0 Å². The summed E-state index contributed by atoms with van der Waals surface area (Å²) in [5.41, 5.74) is 2.60. The molecule has 2 heteroatoms. The van der Waals surface area contributed by atoms with Crippen LogP contribution in [0.25, 0.3) is 5.57 Å². The monoisotopic (exact) mass is 184 g/mol. The van der Waals surface area contributed by atoms with Crippen LogP contribution in [0.1, 0.15) is 22.8 Å². The summed E-state index contributed by atoms with van der Waals surface area (Å²) in [5, 5.41) is 1.57. The first-order chi connectivity index (χ1) is 6.83. The second-order valence-electron chi connectivity index (χ2n) is 3.03. The van der Waals surface area contributed by atoms with E-state index in [0.29, 0.717) is 0 Å². The maximum absolute atomic E-state index is 11.5. The number of quaternary nitrogens is 1. The number of carbonyl (C=O) groups is 1. The fourth-order valence-corrected chi connectivity index (χ4v) is 1.52. The molecule has 0 fully saturated rings. The van der Waals surface area contributed by atoms with E-state index in [0.717, 1.165) is 16.7 Å². The molecule has 2 rings (SSSR count). The minimum absolute atomic E-state index is 0.0576. The summed E-state index contributed by atoms with van der Waals surface area (Å²) < 4.78 is 0. The third-order valence-electron chi connectivity index (χ3n) is 2.14. The second kappa shape index (κ2) is 3.49. The van der Waals surface area contributed by atoms with Crippen LogP contribution < -0.4 is 5.32 Å². The third kappa shape index (κ3) is 1.34. The minimum atomic E-state index is 0.0576. The largest absolute Gasteiger partial charge is 0.347 e. The molecule has 0 saturated carbocycles. The fourth-order valence-electron chi connectivity index (χ4n) is 1.52. The third-order valence-corrected chi connectivity index (χ3v) is 2.14. The van der Waals surface area contributed by atoms with Gasteiger partial charge in [0.05, 0.1) is 11.1 Å². The van der Waals surface area contributed by atoms with Gasteiger partial charge in [0, 0.05) is 5.56 Å². The van der Waals surface area contributed by atoms with Gasteiger partial charge in [0.2, 0.25) is 0 Å². The van der Waals surface area contributed by atoms with Crippen LogP contribution in [-0.4, -0.2) is 5.91 Å². The topological polar surface area (TPSA) is 33.7 Å². The molecule has 0 aliphatic carbocycles. The van der Waals surface area contributed by atoms with Crippen LogP contribution in [0, 0.1) is 11.8 Å². The van der Waals surface area contributed by atoms with Crippen molar-refractivity contribution in [2.75, 3.05) is 0 Å². The number of hydrogen-bond acceptors (Lipinski definition) is 1. The van der Waals surface area contributed by atoms with Gasteiger partial charge in [0.1, 0.15) is 6.20 Å². The highest BCUT2D eigenvalue weighted by atomic mass is 16.1. The van der Waals surface area contributed by atoms with Crippen LogP contribution in [0.5, 0.6) is 0 Å². The molecule has 68 valence electrons. The lowest BCUT2D eigenvalue weighted by atomic mass is 9.98. The Morgan fingerprint density at radius 1 is 1.21 bits per heavy atom. The van der Waals surface area contributed by atoms with Crippen LogP contribution in [0.3, 0.4) is 0 Å². The molecular weight excluding hydrogens is 174 g/mol. The lowest BCUT2D eigenvalue weighted by Gasteiger charge is -2.09. The van der Waals surface area contributed by atoms with Crippen molar-refractivity contribution in [3.63, 3.8) is 0 Å². The van der Waals surface area contributed by atoms with Gasteiger partial charge in [-0.15, -0.1) is 5.92 Å². The van der Waals surface area contributed by atoms with Gasteiger partial charge in [-0.05, 0) is 13.0 Å². The zero-order chi connectivity index (χ0) is 9.97. The average Bonchev–Trinajstić information content (AvgIpc) is 2.23. The van der Waals surface area contributed by atoms with Crippen molar-refractivity contribution in [1.82, 2.24) is 0 Å². The first-order valence-electron chi connectivity index (χ1n) is 4.44. The number of nitrogens with two attached hydrogens (primary N) is 1. The first-order valence-corrected chi connectivity index (χ1v) is 4.44. The SMILES string of the molecule is CC#CC1=C[NH2+]C(=O)c2ccccc21. The standard InChI is InChI=1S/C12H9NO/c1-2-5-9-8-13-12(14)11-7-4-3-6-10(9)11/h3-4,6-8H,1H3,(H,13,14)/p+1. The van der Waals surface area contributed by atoms with Gasteiger partial charge in [0.25, 0.3) is 0 Å². The van der Waals surface area contributed by atoms with Crippen molar-refractivity contribution in [3.05, 3.63) is 41.6 Å². The molecular formula is C12H10NO+. The van der Waals surface area contributed by atoms with E-state index in [1.165, 1.54) is 0 Å². The summed E-state index contributed by atoms with van der Waals surface area (Å²) in [5.74, 6) is 5.89. The molecule has 0 aromatic heterocycles. The highest BCUT2D eigenvalue weighted by Crippen LogP contribution is 2.18. The molecule has 2 N–H and O–H groups in total. The highest BCUT2D eigenvalue weighted by Gasteiger charge is 2.20. The molecule has 14 heavy (non-hydrogen) atoms. The second-order valence-corrected chi connectivity index (χ2v) is 3.03. The lowest BCUT2D eigenvalue weighted by Crippen LogP contribution is -2.83. The normalized spacial score (nSPS) is 13.8. The van der Waals surface area contributed by atoms with E-state index >= 15 is 0 Å². The van der Waals surface area contributed by atoms with Crippen molar-refractivity contribution >= 4 is 11.5 Å². The van der Waals surface area contributed by atoms with Crippen LogP contribution in [0.15, 0.2) is 30.5 Å². The fraction of sp³-hybridized carbons (Fsp3) is 0.0833. The lowest BCUT2D eigenvalue weighted by molar-refractivity contribution is -0.481. The quantitative estimate of drug-likeness (QED) is 0.594. The van der Waals surface area contributed by atoms with Gasteiger partial charge in [-0.1, -0.05) is 24.1 Å².